The van der Waals surface area contributed by atoms with E-state index in [1.54, 1.807) is 19.9 Å². The summed E-state index contributed by atoms with van der Waals surface area (Å²) in [7, 11) is 0. The van der Waals surface area contributed by atoms with E-state index >= 15 is 0 Å². The van der Waals surface area contributed by atoms with E-state index in [1.165, 1.54) is 18.2 Å². The van der Waals surface area contributed by atoms with Crippen molar-refractivity contribution >= 4 is 0 Å². The highest BCUT2D eigenvalue weighted by atomic mass is 19.4. The van der Waals surface area contributed by atoms with Crippen LogP contribution in [0.5, 0.6) is 5.75 Å². The summed E-state index contributed by atoms with van der Waals surface area (Å²) in [5, 5.41) is 9.15. The highest BCUT2D eigenvalue weighted by Crippen LogP contribution is 2.37. The normalized spacial score (nSPS) is 13.9. The summed E-state index contributed by atoms with van der Waals surface area (Å²) in [6.07, 6.45) is -7.44. The van der Waals surface area contributed by atoms with Crippen molar-refractivity contribution in [3.8, 4) is 5.75 Å². The number of hydrogen-bond donors (Lipinski definition) is 1. The van der Waals surface area contributed by atoms with Gasteiger partial charge in [-0.2, -0.15) is 13.2 Å². The van der Waals surface area contributed by atoms with E-state index in [0.29, 0.717) is 0 Å². The maximum Gasteiger partial charge on any atom is 0.418 e. The minimum atomic E-state index is -4.68. The first-order valence-electron chi connectivity index (χ1n) is 4.82. The molecule has 1 atom stereocenters. The van der Waals surface area contributed by atoms with Crippen LogP contribution in [0.4, 0.5) is 13.2 Å². The Labute approximate surface area is 91.7 Å². The van der Waals surface area contributed by atoms with Gasteiger partial charge in [-0.15, -0.1) is 0 Å². The number of para-hydroxylation sites is 1. The van der Waals surface area contributed by atoms with Crippen LogP contribution in [0.2, 0.25) is 0 Å². The van der Waals surface area contributed by atoms with Crippen LogP contribution in [0.15, 0.2) is 24.3 Å². The molecule has 90 valence electrons. The van der Waals surface area contributed by atoms with Crippen LogP contribution < -0.4 is 4.74 Å². The molecule has 0 spiro atoms. The minimum Gasteiger partial charge on any atom is -0.491 e. The third kappa shape index (κ3) is 3.13. The Hall–Kier alpha value is -1.23. The van der Waals surface area contributed by atoms with Gasteiger partial charge in [0, 0.05) is 5.56 Å². The van der Waals surface area contributed by atoms with E-state index in [-0.39, 0.29) is 17.4 Å². The number of halogens is 3. The summed E-state index contributed by atoms with van der Waals surface area (Å²) in [6, 6.07) is 5.60. The van der Waals surface area contributed by atoms with Crippen molar-refractivity contribution in [1.29, 1.82) is 0 Å². The first kappa shape index (κ1) is 12.8. The Bertz CT molecular complexity index is 347. The molecule has 0 radical (unpaired) electrons. The number of aliphatic hydroxyl groups excluding tert-OH is 1. The summed E-state index contributed by atoms with van der Waals surface area (Å²) in [4.78, 5) is 0. The van der Waals surface area contributed by atoms with E-state index in [2.05, 4.69) is 0 Å². The molecule has 0 amide bonds. The molecule has 1 aromatic carbocycles. The zero-order valence-corrected chi connectivity index (χ0v) is 8.95. The van der Waals surface area contributed by atoms with Crippen molar-refractivity contribution < 1.29 is 23.0 Å². The Balaban J connectivity index is 3.03. The molecule has 0 unspecified atom stereocenters. The highest BCUT2D eigenvalue weighted by molar-refractivity contribution is 5.35. The first-order chi connectivity index (χ1) is 7.32. The molecular weight excluding hydrogens is 221 g/mol. The third-order valence-electron chi connectivity index (χ3n) is 1.89. The Morgan fingerprint density at radius 2 is 1.75 bits per heavy atom. The largest absolute Gasteiger partial charge is 0.491 e. The summed E-state index contributed by atoms with van der Waals surface area (Å²) in [5.74, 6) is 0.0577. The number of ether oxygens (including phenoxy) is 1. The summed E-state index contributed by atoms with van der Waals surface area (Å²) < 4.78 is 42.2. The van der Waals surface area contributed by atoms with Gasteiger partial charge >= 0.3 is 6.18 Å². The Morgan fingerprint density at radius 3 is 2.25 bits per heavy atom. The lowest BCUT2D eigenvalue weighted by atomic mass is 10.1. The molecule has 0 aliphatic heterocycles. The predicted octanol–water partition coefficient (Wildman–Crippen LogP) is 3.07. The predicted molar refractivity (Wildman–Crippen MR) is 53.2 cm³/mol. The van der Waals surface area contributed by atoms with Crippen molar-refractivity contribution in [3.05, 3.63) is 29.8 Å². The number of rotatable bonds is 3. The van der Waals surface area contributed by atoms with Crippen molar-refractivity contribution in [3.63, 3.8) is 0 Å². The molecule has 0 saturated carbocycles. The molecule has 16 heavy (non-hydrogen) atoms. The zero-order valence-electron chi connectivity index (χ0n) is 8.95. The van der Waals surface area contributed by atoms with E-state index in [9.17, 15) is 13.2 Å². The molecule has 0 aliphatic carbocycles. The Morgan fingerprint density at radius 1 is 1.19 bits per heavy atom. The molecule has 5 heteroatoms. The Kier molecular flexibility index (Phi) is 3.80. The molecule has 0 aliphatic rings. The SMILES string of the molecule is CC(C)Oc1ccccc1[C@H](O)C(F)(F)F. The fourth-order valence-electron chi connectivity index (χ4n) is 1.24. The summed E-state index contributed by atoms with van der Waals surface area (Å²) in [6.45, 7) is 3.41. The van der Waals surface area contributed by atoms with Gasteiger partial charge in [0.25, 0.3) is 0 Å². The standard InChI is InChI=1S/C11H13F3O2/c1-7(2)16-9-6-4-3-5-8(9)10(15)11(12,13)14/h3-7,10,15H,1-2H3/t10-/m0/s1. The van der Waals surface area contributed by atoms with Crippen LogP contribution in [0.3, 0.4) is 0 Å². The van der Waals surface area contributed by atoms with Gasteiger partial charge in [0.15, 0.2) is 6.10 Å². The second-order valence-electron chi connectivity index (χ2n) is 3.65. The lowest BCUT2D eigenvalue weighted by Gasteiger charge is -2.19. The van der Waals surface area contributed by atoms with Crippen LogP contribution in [0.25, 0.3) is 0 Å². The molecule has 0 saturated heterocycles. The van der Waals surface area contributed by atoms with Crippen LogP contribution in [-0.4, -0.2) is 17.4 Å². The molecule has 2 nitrogen and oxygen atoms in total. The second kappa shape index (κ2) is 4.74. The fourth-order valence-corrected chi connectivity index (χ4v) is 1.24. The molecule has 0 aromatic heterocycles. The topological polar surface area (TPSA) is 29.5 Å². The summed E-state index contributed by atoms with van der Waals surface area (Å²) >= 11 is 0. The van der Waals surface area contributed by atoms with E-state index in [1.807, 2.05) is 0 Å². The number of hydrogen-bond acceptors (Lipinski definition) is 2. The highest BCUT2D eigenvalue weighted by Gasteiger charge is 2.40. The lowest BCUT2D eigenvalue weighted by Crippen LogP contribution is -2.21. The molecule has 1 rings (SSSR count). The van der Waals surface area contributed by atoms with Gasteiger partial charge in [0.1, 0.15) is 5.75 Å². The number of aliphatic hydroxyl groups is 1. The molecular formula is C11H13F3O2. The molecule has 0 heterocycles. The van der Waals surface area contributed by atoms with Gasteiger partial charge in [-0.3, -0.25) is 0 Å². The monoisotopic (exact) mass is 234 g/mol. The maximum atomic E-state index is 12.3. The van der Waals surface area contributed by atoms with Gasteiger partial charge in [0.05, 0.1) is 6.10 Å². The van der Waals surface area contributed by atoms with Gasteiger partial charge in [-0.05, 0) is 19.9 Å². The zero-order chi connectivity index (χ0) is 12.3. The molecule has 0 bridgehead atoms. The van der Waals surface area contributed by atoms with E-state index in [0.717, 1.165) is 0 Å². The van der Waals surface area contributed by atoms with Crippen LogP contribution in [-0.2, 0) is 0 Å². The average Bonchev–Trinajstić information content (AvgIpc) is 2.15. The van der Waals surface area contributed by atoms with Crippen molar-refractivity contribution in [2.45, 2.75) is 32.2 Å². The van der Waals surface area contributed by atoms with E-state index < -0.39 is 12.3 Å². The quantitative estimate of drug-likeness (QED) is 0.870. The van der Waals surface area contributed by atoms with Crippen LogP contribution in [0.1, 0.15) is 25.5 Å². The molecule has 0 fully saturated rings. The van der Waals surface area contributed by atoms with Crippen LogP contribution >= 0.6 is 0 Å². The third-order valence-corrected chi connectivity index (χ3v) is 1.89. The van der Waals surface area contributed by atoms with Crippen molar-refractivity contribution in [1.82, 2.24) is 0 Å². The number of alkyl halides is 3. The second-order valence-corrected chi connectivity index (χ2v) is 3.65. The average molecular weight is 234 g/mol. The first-order valence-corrected chi connectivity index (χ1v) is 4.82. The lowest BCUT2D eigenvalue weighted by molar-refractivity contribution is -0.207. The van der Waals surface area contributed by atoms with E-state index in [4.69, 9.17) is 9.84 Å². The van der Waals surface area contributed by atoms with Crippen LogP contribution in [0, 0.1) is 0 Å². The van der Waals surface area contributed by atoms with Gasteiger partial charge in [-0.25, -0.2) is 0 Å². The molecule has 1 N–H and O–H groups in total. The molecule has 1 aromatic rings. The summed E-state index contributed by atoms with van der Waals surface area (Å²) in [5.41, 5.74) is -0.260. The maximum absolute atomic E-state index is 12.3. The minimum absolute atomic E-state index is 0.0577. The van der Waals surface area contributed by atoms with Gasteiger partial charge < -0.3 is 9.84 Å². The van der Waals surface area contributed by atoms with Crippen molar-refractivity contribution in [2.75, 3.05) is 0 Å². The fraction of sp³-hybridized carbons (Fsp3) is 0.455. The van der Waals surface area contributed by atoms with Gasteiger partial charge in [-0.1, -0.05) is 18.2 Å². The van der Waals surface area contributed by atoms with Gasteiger partial charge in [0.2, 0.25) is 0 Å². The van der Waals surface area contributed by atoms with Crippen molar-refractivity contribution in [2.24, 2.45) is 0 Å². The number of benzene rings is 1. The smallest absolute Gasteiger partial charge is 0.418 e.